The Morgan fingerprint density at radius 1 is 0.903 bits per heavy atom. The second-order valence-corrected chi connectivity index (χ2v) is 8.97. The van der Waals surface area contributed by atoms with E-state index in [1.807, 2.05) is 43.0 Å². The molecule has 0 N–H and O–H groups in total. The second kappa shape index (κ2) is 8.07. The number of aryl methyl sites for hydroxylation is 2. The number of benzene rings is 2. The molecule has 6 nitrogen and oxygen atoms in total. The maximum atomic E-state index is 12.8. The van der Waals surface area contributed by atoms with E-state index in [4.69, 9.17) is 0 Å². The summed E-state index contributed by atoms with van der Waals surface area (Å²) >= 11 is 1.48. The Morgan fingerprint density at radius 2 is 1.68 bits per heavy atom. The number of anilines is 1. The minimum Gasteiger partial charge on any atom is -0.352 e. The molecule has 156 valence electrons. The van der Waals surface area contributed by atoms with E-state index in [9.17, 15) is 4.79 Å². The third-order valence-corrected chi connectivity index (χ3v) is 6.75. The molecular weight excluding hydrogens is 406 g/mol. The van der Waals surface area contributed by atoms with Crippen molar-refractivity contribution in [2.45, 2.75) is 13.8 Å². The van der Waals surface area contributed by atoms with Gasteiger partial charge in [-0.25, -0.2) is 4.98 Å². The van der Waals surface area contributed by atoms with Crippen molar-refractivity contribution in [1.82, 2.24) is 20.1 Å². The summed E-state index contributed by atoms with van der Waals surface area (Å²) in [5.74, 6) is 0.932. The van der Waals surface area contributed by atoms with Crippen LogP contribution in [-0.2, 0) is 0 Å². The molecule has 2 aromatic heterocycles. The van der Waals surface area contributed by atoms with Crippen molar-refractivity contribution >= 4 is 33.8 Å². The summed E-state index contributed by atoms with van der Waals surface area (Å²) in [5.41, 5.74) is 2.74. The number of hydrogen-bond acceptors (Lipinski definition) is 6. The number of thiazole rings is 1. The number of carbonyl (C=O) groups is 1. The van der Waals surface area contributed by atoms with Crippen LogP contribution in [0.5, 0.6) is 0 Å². The van der Waals surface area contributed by atoms with Gasteiger partial charge in [0.05, 0.1) is 16.4 Å². The topological polar surface area (TPSA) is 62.2 Å². The van der Waals surface area contributed by atoms with Gasteiger partial charge in [0.2, 0.25) is 0 Å². The minimum absolute atomic E-state index is 0.0838. The molecule has 1 saturated heterocycles. The summed E-state index contributed by atoms with van der Waals surface area (Å²) in [6, 6.07) is 18.7. The molecule has 1 aliphatic heterocycles. The molecule has 4 aromatic rings. The Hall–Kier alpha value is -3.32. The van der Waals surface area contributed by atoms with Crippen LogP contribution in [0.2, 0.25) is 0 Å². The van der Waals surface area contributed by atoms with E-state index < -0.39 is 0 Å². The summed E-state index contributed by atoms with van der Waals surface area (Å²) in [4.78, 5) is 22.1. The fourth-order valence-corrected chi connectivity index (χ4v) is 4.90. The van der Waals surface area contributed by atoms with Crippen molar-refractivity contribution < 1.29 is 4.79 Å². The van der Waals surface area contributed by atoms with Crippen molar-refractivity contribution in [3.8, 4) is 11.3 Å². The molecule has 31 heavy (non-hydrogen) atoms. The van der Waals surface area contributed by atoms with Gasteiger partial charge in [0.25, 0.3) is 5.91 Å². The second-order valence-electron chi connectivity index (χ2n) is 7.77. The molecule has 0 unspecified atom stereocenters. The molecule has 7 heteroatoms. The highest BCUT2D eigenvalue weighted by atomic mass is 32.1. The molecule has 1 aliphatic rings. The molecule has 1 fully saturated rings. The summed E-state index contributed by atoms with van der Waals surface area (Å²) in [6.45, 7) is 6.66. The molecule has 0 bridgehead atoms. The highest BCUT2D eigenvalue weighted by Gasteiger charge is 2.25. The van der Waals surface area contributed by atoms with Crippen LogP contribution in [0.4, 0.5) is 5.82 Å². The lowest BCUT2D eigenvalue weighted by Gasteiger charge is -2.35. The average Bonchev–Trinajstić information content (AvgIpc) is 3.16. The zero-order valence-corrected chi connectivity index (χ0v) is 18.4. The first-order valence-corrected chi connectivity index (χ1v) is 11.2. The molecule has 5 rings (SSSR count). The number of fused-ring (bicyclic) bond motifs is 1. The number of hydrogen-bond donors (Lipinski definition) is 0. The van der Waals surface area contributed by atoms with Gasteiger partial charge in [-0.3, -0.25) is 4.79 Å². The first kappa shape index (κ1) is 19.6. The first-order chi connectivity index (χ1) is 15.1. The quantitative estimate of drug-likeness (QED) is 0.485. The minimum atomic E-state index is 0.0838. The van der Waals surface area contributed by atoms with Gasteiger partial charge in [0.15, 0.2) is 5.82 Å². The third-order valence-electron chi connectivity index (χ3n) is 5.68. The van der Waals surface area contributed by atoms with E-state index in [0.29, 0.717) is 13.1 Å². The van der Waals surface area contributed by atoms with E-state index in [0.717, 1.165) is 45.7 Å². The number of piperazine rings is 1. The van der Waals surface area contributed by atoms with Crippen LogP contribution in [0.3, 0.4) is 0 Å². The lowest BCUT2D eigenvalue weighted by molar-refractivity contribution is 0.0750. The van der Waals surface area contributed by atoms with E-state index in [1.54, 1.807) is 0 Å². The van der Waals surface area contributed by atoms with Gasteiger partial charge < -0.3 is 9.80 Å². The van der Waals surface area contributed by atoms with Gasteiger partial charge in [-0.2, -0.15) is 0 Å². The Balaban J connectivity index is 1.26. The zero-order valence-electron chi connectivity index (χ0n) is 17.6. The van der Waals surface area contributed by atoms with Gasteiger partial charge in [0, 0.05) is 31.7 Å². The molecular formula is C24H23N5OS. The highest BCUT2D eigenvalue weighted by Crippen LogP contribution is 2.25. The van der Waals surface area contributed by atoms with Crippen molar-refractivity contribution in [2.75, 3.05) is 31.1 Å². The maximum Gasteiger partial charge on any atom is 0.265 e. The van der Waals surface area contributed by atoms with Gasteiger partial charge in [-0.15, -0.1) is 21.5 Å². The Labute approximate surface area is 185 Å². The van der Waals surface area contributed by atoms with E-state index in [-0.39, 0.29) is 5.91 Å². The van der Waals surface area contributed by atoms with Crippen LogP contribution < -0.4 is 4.90 Å². The number of nitrogens with zero attached hydrogens (tertiary/aromatic N) is 5. The molecule has 0 aliphatic carbocycles. The Kier molecular flexibility index (Phi) is 5.11. The lowest BCUT2D eigenvalue weighted by Crippen LogP contribution is -2.49. The van der Waals surface area contributed by atoms with Crippen LogP contribution >= 0.6 is 11.3 Å². The number of carbonyl (C=O) groups excluding carboxylic acids is 1. The molecule has 0 atom stereocenters. The monoisotopic (exact) mass is 429 g/mol. The van der Waals surface area contributed by atoms with Crippen LogP contribution in [0.25, 0.3) is 22.0 Å². The van der Waals surface area contributed by atoms with Crippen LogP contribution in [-0.4, -0.2) is 52.2 Å². The van der Waals surface area contributed by atoms with Crippen molar-refractivity contribution in [3.05, 3.63) is 70.2 Å². The summed E-state index contributed by atoms with van der Waals surface area (Å²) in [7, 11) is 0. The Morgan fingerprint density at radius 3 is 2.35 bits per heavy atom. The van der Waals surface area contributed by atoms with E-state index in [1.165, 1.54) is 22.1 Å². The molecule has 0 spiro atoms. The van der Waals surface area contributed by atoms with E-state index >= 15 is 0 Å². The normalized spacial score (nSPS) is 14.3. The van der Waals surface area contributed by atoms with Gasteiger partial charge in [0.1, 0.15) is 4.88 Å². The van der Waals surface area contributed by atoms with Crippen LogP contribution in [0.15, 0.2) is 54.6 Å². The fourth-order valence-electron chi connectivity index (χ4n) is 4.01. The van der Waals surface area contributed by atoms with Crippen molar-refractivity contribution in [2.24, 2.45) is 0 Å². The standard InChI is InChI=1S/C24H23N5OS/c1-16-23(31-17(2)25-16)24(30)29-13-11-28(12-14-29)22-10-9-21(26-27-22)20-8-7-18-5-3-4-6-19(18)15-20/h3-10,15H,11-14H2,1-2H3. The largest absolute Gasteiger partial charge is 0.352 e. The average molecular weight is 430 g/mol. The van der Waals surface area contributed by atoms with Crippen LogP contribution in [0, 0.1) is 13.8 Å². The van der Waals surface area contributed by atoms with Crippen LogP contribution in [0.1, 0.15) is 20.4 Å². The summed E-state index contributed by atoms with van der Waals surface area (Å²) < 4.78 is 0. The Bertz CT molecular complexity index is 1240. The molecule has 3 heterocycles. The molecule has 2 aromatic carbocycles. The van der Waals surface area contributed by atoms with Gasteiger partial charge >= 0.3 is 0 Å². The van der Waals surface area contributed by atoms with Crippen molar-refractivity contribution in [1.29, 1.82) is 0 Å². The zero-order chi connectivity index (χ0) is 21.4. The van der Waals surface area contributed by atoms with Crippen molar-refractivity contribution in [3.63, 3.8) is 0 Å². The van der Waals surface area contributed by atoms with E-state index in [2.05, 4.69) is 50.4 Å². The molecule has 0 saturated carbocycles. The first-order valence-electron chi connectivity index (χ1n) is 10.4. The number of aromatic nitrogens is 3. The van der Waals surface area contributed by atoms with Gasteiger partial charge in [-0.1, -0.05) is 36.4 Å². The van der Waals surface area contributed by atoms with Gasteiger partial charge in [-0.05, 0) is 42.8 Å². The fraction of sp³-hybridized carbons (Fsp3) is 0.250. The lowest BCUT2D eigenvalue weighted by atomic mass is 10.1. The maximum absolute atomic E-state index is 12.8. The predicted molar refractivity (Wildman–Crippen MR) is 125 cm³/mol. The SMILES string of the molecule is Cc1nc(C)c(C(=O)N2CCN(c3ccc(-c4ccc5ccccc5c4)nn3)CC2)s1. The summed E-state index contributed by atoms with van der Waals surface area (Å²) in [6.07, 6.45) is 0. The third kappa shape index (κ3) is 3.88. The highest BCUT2D eigenvalue weighted by molar-refractivity contribution is 7.13. The molecule has 1 amide bonds. The number of amides is 1. The smallest absolute Gasteiger partial charge is 0.265 e. The molecule has 0 radical (unpaired) electrons. The predicted octanol–water partition coefficient (Wildman–Crippen LogP) is 4.33. The number of rotatable bonds is 3. The summed E-state index contributed by atoms with van der Waals surface area (Å²) in [5, 5.41) is 12.3.